The lowest BCUT2D eigenvalue weighted by Gasteiger charge is -2.13. The van der Waals surface area contributed by atoms with E-state index in [-0.39, 0.29) is 17.4 Å². The fourth-order valence-electron chi connectivity index (χ4n) is 2.32. The van der Waals surface area contributed by atoms with Crippen LogP contribution in [0.4, 0.5) is 0 Å². The van der Waals surface area contributed by atoms with E-state index < -0.39 is 5.97 Å². The molecular weight excluding hydrogens is 396 g/mol. The topological polar surface area (TPSA) is 112 Å². The summed E-state index contributed by atoms with van der Waals surface area (Å²) in [4.78, 5) is 31.8. The van der Waals surface area contributed by atoms with Crippen LogP contribution >= 0.6 is 11.8 Å². The molecule has 1 heterocycles. The number of benzene rings is 1. The minimum atomic E-state index is -0.499. The number of carbonyl (C=O) groups is 2. The SMILES string of the molecule is COc1cc(/C=N/NC(=O)CSc2nc(C)cc(C)n2)cc(OC)c1OC(C)=O. The number of hydrazone groups is 1. The van der Waals surface area contributed by atoms with E-state index >= 15 is 0 Å². The molecule has 2 rings (SSSR count). The Morgan fingerprint density at radius 3 is 2.21 bits per heavy atom. The lowest BCUT2D eigenvalue weighted by atomic mass is 10.2. The van der Waals surface area contributed by atoms with Crippen LogP contribution in [0.1, 0.15) is 23.9 Å². The Morgan fingerprint density at radius 2 is 1.69 bits per heavy atom. The molecule has 0 bridgehead atoms. The van der Waals surface area contributed by atoms with Gasteiger partial charge >= 0.3 is 5.97 Å². The molecule has 1 amide bonds. The minimum Gasteiger partial charge on any atom is -0.493 e. The maximum Gasteiger partial charge on any atom is 0.308 e. The first-order valence-corrected chi connectivity index (χ1v) is 9.52. The van der Waals surface area contributed by atoms with E-state index in [0.717, 1.165) is 11.4 Å². The van der Waals surface area contributed by atoms with Gasteiger partial charge in [-0.25, -0.2) is 15.4 Å². The smallest absolute Gasteiger partial charge is 0.308 e. The molecule has 1 aromatic heterocycles. The second-order valence-corrected chi connectivity index (χ2v) is 6.81. The summed E-state index contributed by atoms with van der Waals surface area (Å²) in [7, 11) is 2.88. The molecule has 0 radical (unpaired) electrons. The summed E-state index contributed by atoms with van der Waals surface area (Å²) in [5.41, 5.74) is 4.71. The zero-order valence-electron chi connectivity index (χ0n) is 16.8. The number of esters is 1. The average molecular weight is 418 g/mol. The summed E-state index contributed by atoms with van der Waals surface area (Å²) in [6.07, 6.45) is 1.43. The minimum absolute atomic E-state index is 0.123. The number of amides is 1. The highest BCUT2D eigenvalue weighted by Gasteiger charge is 2.15. The van der Waals surface area contributed by atoms with Crippen molar-refractivity contribution in [1.82, 2.24) is 15.4 Å². The molecular formula is C19H22N4O5S. The third-order valence-corrected chi connectivity index (χ3v) is 4.27. The van der Waals surface area contributed by atoms with Gasteiger partial charge < -0.3 is 14.2 Å². The largest absolute Gasteiger partial charge is 0.493 e. The predicted molar refractivity (Wildman–Crippen MR) is 109 cm³/mol. The van der Waals surface area contributed by atoms with Gasteiger partial charge in [-0.15, -0.1) is 0 Å². The highest BCUT2D eigenvalue weighted by atomic mass is 32.2. The van der Waals surface area contributed by atoms with Gasteiger partial charge in [0.1, 0.15) is 0 Å². The number of hydrogen-bond donors (Lipinski definition) is 1. The van der Waals surface area contributed by atoms with Gasteiger partial charge in [0, 0.05) is 23.9 Å². The highest BCUT2D eigenvalue weighted by Crippen LogP contribution is 2.38. The van der Waals surface area contributed by atoms with Crippen LogP contribution in [-0.4, -0.2) is 48.0 Å². The Balaban J connectivity index is 2.01. The van der Waals surface area contributed by atoms with Crippen molar-refractivity contribution in [2.45, 2.75) is 25.9 Å². The van der Waals surface area contributed by atoms with Crippen LogP contribution in [0.25, 0.3) is 0 Å². The lowest BCUT2D eigenvalue weighted by molar-refractivity contribution is -0.132. The van der Waals surface area contributed by atoms with Crippen molar-refractivity contribution in [3.05, 3.63) is 35.2 Å². The van der Waals surface area contributed by atoms with Gasteiger partial charge in [0.25, 0.3) is 5.91 Å². The standard InChI is InChI=1S/C19H22N4O5S/c1-11-6-12(2)22-19(21-11)29-10-17(25)23-20-9-14-7-15(26-4)18(28-13(3)24)16(8-14)27-5/h6-9H,10H2,1-5H3,(H,23,25)/b20-9+. The van der Waals surface area contributed by atoms with Crippen LogP contribution in [0.3, 0.4) is 0 Å². The van der Waals surface area contributed by atoms with E-state index in [4.69, 9.17) is 14.2 Å². The highest BCUT2D eigenvalue weighted by molar-refractivity contribution is 7.99. The van der Waals surface area contributed by atoms with Crippen molar-refractivity contribution in [2.24, 2.45) is 5.10 Å². The molecule has 0 fully saturated rings. The third-order valence-electron chi connectivity index (χ3n) is 3.43. The van der Waals surface area contributed by atoms with Crippen LogP contribution < -0.4 is 19.6 Å². The monoisotopic (exact) mass is 418 g/mol. The normalized spacial score (nSPS) is 10.7. The van der Waals surface area contributed by atoms with Gasteiger partial charge in [0.15, 0.2) is 16.7 Å². The number of nitrogens with zero attached hydrogens (tertiary/aromatic N) is 3. The summed E-state index contributed by atoms with van der Waals surface area (Å²) in [5, 5.41) is 4.47. The van der Waals surface area contributed by atoms with Crippen molar-refractivity contribution in [3.63, 3.8) is 0 Å². The fraction of sp³-hybridized carbons (Fsp3) is 0.316. The molecule has 0 saturated carbocycles. The second-order valence-electron chi connectivity index (χ2n) is 5.86. The molecule has 2 aromatic rings. The molecule has 1 aromatic carbocycles. The van der Waals surface area contributed by atoms with Gasteiger partial charge in [-0.05, 0) is 32.0 Å². The molecule has 9 nitrogen and oxygen atoms in total. The van der Waals surface area contributed by atoms with Crippen molar-refractivity contribution in [1.29, 1.82) is 0 Å². The number of aromatic nitrogens is 2. The molecule has 0 atom stereocenters. The Morgan fingerprint density at radius 1 is 1.10 bits per heavy atom. The summed E-state index contributed by atoms with van der Waals surface area (Å²) >= 11 is 1.23. The summed E-state index contributed by atoms with van der Waals surface area (Å²) in [5.74, 6) is 0.0985. The first kappa shape index (κ1) is 22.2. The quantitative estimate of drug-likeness (QED) is 0.174. The molecule has 0 saturated heterocycles. The molecule has 0 aliphatic rings. The zero-order chi connectivity index (χ0) is 21.4. The van der Waals surface area contributed by atoms with Crippen LogP contribution in [0.15, 0.2) is 28.5 Å². The van der Waals surface area contributed by atoms with E-state index in [1.165, 1.54) is 39.1 Å². The van der Waals surface area contributed by atoms with Crippen molar-refractivity contribution < 1.29 is 23.8 Å². The number of thioether (sulfide) groups is 1. The number of ether oxygens (including phenoxy) is 3. The van der Waals surface area contributed by atoms with Gasteiger partial charge in [-0.1, -0.05) is 11.8 Å². The van der Waals surface area contributed by atoms with Crippen molar-refractivity contribution in [2.75, 3.05) is 20.0 Å². The van der Waals surface area contributed by atoms with Gasteiger partial charge in [-0.3, -0.25) is 9.59 Å². The molecule has 29 heavy (non-hydrogen) atoms. The molecule has 154 valence electrons. The van der Waals surface area contributed by atoms with E-state index in [1.54, 1.807) is 12.1 Å². The summed E-state index contributed by atoms with van der Waals surface area (Å²) < 4.78 is 15.6. The number of rotatable bonds is 8. The van der Waals surface area contributed by atoms with Crippen LogP contribution in [0, 0.1) is 13.8 Å². The number of nitrogens with one attached hydrogen (secondary N) is 1. The van der Waals surface area contributed by atoms with Gasteiger partial charge in [0.05, 0.1) is 26.2 Å². The Hall–Kier alpha value is -3.14. The van der Waals surface area contributed by atoms with E-state index in [0.29, 0.717) is 22.2 Å². The van der Waals surface area contributed by atoms with E-state index in [2.05, 4.69) is 20.5 Å². The van der Waals surface area contributed by atoms with E-state index in [9.17, 15) is 9.59 Å². The molecule has 0 aliphatic heterocycles. The molecule has 0 unspecified atom stereocenters. The predicted octanol–water partition coefficient (Wildman–Crippen LogP) is 2.28. The Labute approximate surface area is 172 Å². The lowest BCUT2D eigenvalue weighted by Crippen LogP contribution is -2.19. The number of carbonyl (C=O) groups excluding carboxylic acids is 2. The molecule has 0 aliphatic carbocycles. The summed E-state index contributed by atoms with van der Waals surface area (Å²) in [6, 6.07) is 5.08. The van der Waals surface area contributed by atoms with Crippen LogP contribution in [0.2, 0.25) is 0 Å². The van der Waals surface area contributed by atoms with Crippen molar-refractivity contribution >= 4 is 29.9 Å². The maximum atomic E-state index is 12.0. The average Bonchev–Trinajstić information content (AvgIpc) is 2.66. The van der Waals surface area contributed by atoms with Crippen LogP contribution in [0.5, 0.6) is 17.2 Å². The first-order chi connectivity index (χ1) is 13.8. The Bertz CT molecular complexity index is 888. The van der Waals surface area contributed by atoms with E-state index in [1.807, 2.05) is 19.9 Å². The number of methoxy groups -OCH3 is 2. The fourth-order valence-corrected chi connectivity index (χ4v) is 3.06. The molecule has 0 spiro atoms. The summed E-state index contributed by atoms with van der Waals surface area (Å²) in [6.45, 7) is 5.03. The first-order valence-electron chi connectivity index (χ1n) is 8.53. The van der Waals surface area contributed by atoms with Gasteiger partial charge in [-0.2, -0.15) is 5.10 Å². The maximum absolute atomic E-state index is 12.0. The number of aryl methyl sites for hydroxylation is 2. The third kappa shape index (κ3) is 6.75. The second kappa shape index (κ2) is 10.4. The van der Waals surface area contributed by atoms with Gasteiger partial charge in [0.2, 0.25) is 5.75 Å². The zero-order valence-corrected chi connectivity index (χ0v) is 17.6. The van der Waals surface area contributed by atoms with Crippen molar-refractivity contribution in [3.8, 4) is 17.2 Å². The van der Waals surface area contributed by atoms with Crippen LogP contribution in [-0.2, 0) is 9.59 Å². The Kier molecular flexibility index (Phi) is 7.96. The molecule has 10 heteroatoms. The number of hydrogen-bond acceptors (Lipinski definition) is 9. The molecule has 1 N–H and O–H groups in total.